The van der Waals surface area contributed by atoms with E-state index in [2.05, 4.69) is 31.6 Å². The Morgan fingerprint density at radius 3 is 2.78 bits per heavy atom. The normalized spacial score (nSPS) is 21.0. The summed E-state index contributed by atoms with van der Waals surface area (Å²) < 4.78 is 6.41. The van der Waals surface area contributed by atoms with E-state index in [1.54, 1.807) is 12.1 Å². The smallest absolute Gasteiger partial charge is 0.289 e. The van der Waals surface area contributed by atoms with Crippen LogP contribution in [0.3, 0.4) is 0 Å². The van der Waals surface area contributed by atoms with E-state index in [-0.39, 0.29) is 5.91 Å². The van der Waals surface area contributed by atoms with Gasteiger partial charge in [-0.05, 0) is 47.5 Å². The highest BCUT2D eigenvalue weighted by Crippen LogP contribution is 2.34. The highest BCUT2D eigenvalue weighted by atomic mass is 79.9. The number of aliphatic imine (C=N–C) groups is 1. The molecule has 1 aliphatic carbocycles. The lowest BCUT2D eigenvalue weighted by Crippen LogP contribution is -2.33. The minimum atomic E-state index is -0.655. The summed E-state index contributed by atoms with van der Waals surface area (Å²) in [5.74, 6) is -0.210. The zero-order chi connectivity index (χ0) is 18.8. The quantitative estimate of drug-likeness (QED) is 0.699. The lowest BCUT2D eigenvalue weighted by molar-refractivity contribution is 0.0858. The number of aliphatic hydroxyl groups is 1. The van der Waals surface area contributed by atoms with E-state index in [1.807, 2.05) is 30.3 Å². The molecule has 0 spiro atoms. The molecule has 1 unspecified atom stereocenters. The number of benzene rings is 2. The Hall–Kier alpha value is -2.38. The van der Waals surface area contributed by atoms with Crippen molar-refractivity contribution in [3.8, 4) is 0 Å². The minimum Gasteiger partial charge on any atom is -0.465 e. The van der Waals surface area contributed by atoms with Crippen molar-refractivity contribution in [3.05, 3.63) is 63.6 Å². The summed E-state index contributed by atoms with van der Waals surface area (Å²) in [7, 11) is 0. The molecule has 2 atom stereocenters. The first kappa shape index (κ1) is 18.0. The van der Waals surface area contributed by atoms with E-state index in [9.17, 15) is 9.90 Å². The Labute approximate surface area is 165 Å². The third-order valence-electron chi connectivity index (χ3n) is 4.74. The molecule has 2 aromatic carbocycles. The number of hydrogen-bond acceptors (Lipinski definition) is 5. The fraction of sp³-hybridized carbons (Fsp3) is 0.300. The molecular weight excluding hydrogens is 410 g/mol. The van der Waals surface area contributed by atoms with Crippen LogP contribution in [0.5, 0.6) is 0 Å². The number of nitrogens with zero attached hydrogens (tertiary/aromatic N) is 1. The van der Waals surface area contributed by atoms with Crippen molar-refractivity contribution >= 4 is 33.5 Å². The van der Waals surface area contributed by atoms with Crippen LogP contribution in [0.1, 0.15) is 33.9 Å². The van der Waals surface area contributed by atoms with Crippen LogP contribution in [-0.4, -0.2) is 36.3 Å². The van der Waals surface area contributed by atoms with Crippen molar-refractivity contribution < 1.29 is 14.6 Å². The second kappa shape index (κ2) is 7.70. The predicted octanol–water partition coefficient (Wildman–Crippen LogP) is 3.03. The maximum absolute atomic E-state index is 12.6. The molecule has 6 nitrogen and oxygen atoms in total. The number of fused-ring (bicyclic) bond motifs is 1. The van der Waals surface area contributed by atoms with Crippen LogP contribution in [0.25, 0.3) is 0 Å². The molecule has 2 aliphatic rings. The number of aliphatic hydroxyl groups excluding tert-OH is 1. The Morgan fingerprint density at radius 1 is 1.22 bits per heavy atom. The van der Waals surface area contributed by atoms with Gasteiger partial charge in [0.05, 0.1) is 18.8 Å². The van der Waals surface area contributed by atoms with Crippen molar-refractivity contribution in [1.82, 2.24) is 5.32 Å². The minimum absolute atomic E-state index is 0.210. The lowest BCUT2D eigenvalue weighted by Gasteiger charge is -2.19. The van der Waals surface area contributed by atoms with Crippen molar-refractivity contribution in [2.45, 2.75) is 25.0 Å². The largest absolute Gasteiger partial charge is 0.465 e. The van der Waals surface area contributed by atoms with E-state index in [4.69, 9.17) is 4.74 Å². The van der Waals surface area contributed by atoms with Gasteiger partial charge in [-0.1, -0.05) is 22.0 Å². The molecule has 0 saturated heterocycles. The van der Waals surface area contributed by atoms with Crippen molar-refractivity contribution in [1.29, 1.82) is 0 Å². The zero-order valence-electron chi connectivity index (χ0n) is 14.6. The van der Waals surface area contributed by atoms with E-state index in [1.165, 1.54) is 0 Å². The molecule has 0 bridgehead atoms. The monoisotopic (exact) mass is 429 g/mol. The van der Waals surface area contributed by atoms with E-state index >= 15 is 0 Å². The average molecular weight is 430 g/mol. The van der Waals surface area contributed by atoms with Gasteiger partial charge in [0.25, 0.3) is 11.9 Å². The summed E-state index contributed by atoms with van der Waals surface area (Å²) in [4.78, 5) is 16.9. The van der Waals surface area contributed by atoms with Gasteiger partial charge in [-0.2, -0.15) is 0 Å². The Bertz CT molecular complexity index is 883. The van der Waals surface area contributed by atoms with Crippen LogP contribution >= 0.6 is 15.9 Å². The number of rotatable bonds is 3. The molecule has 0 saturated carbocycles. The molecular formula is C20H20BrN3O3. The highest BCUT2D eigenvalue weighted by Gasteiger charge is 2.32. The molecule has 1 heterocycles. The number of hydrogen-bond donors (Lipinski definition) is 3. The third kappa shape index (κ3) is 3.99. The Kier molecular flexibility index (Phi) is 5.13. The number of carbonyl (C=O) groups is 1. The van der Waals surface area contributed by atoms with Crippen molar-refractivity contribution in [2.75, 3.05) is 18.5 Å². The number of anilines is 1. The van der Waals surface area contributed by atoms with Gasteiger partial charge >= 0.3 is 0 Å². The van der Waals surface area contributed by atoms with Gasteiger partial charge in [0.2, 0.25) is 0 Å². The van der Waals surface area contributed by atoms with Gasteiger partial charge in [-0.25, -0.2) is 4.99 Å². The predicted molar refractivity (Wildman–Crippen MR) is 107 cm³/mol. The molecule has 1 aliphatic heterocycles. The van der Waals surface area contributed by atoms with E-state index in [0.717, 1.165) is 34.3 Å². The summed E-state index contributed by atoms with van der Waals surface area (Å²) in [5, 5.41) is 16.6. The molecule has 2 aromatic rings. The first-order valence-corrected chi connectivity index (χ1v) is 9.71. The number of amides is 1. The fourth-order valence-corrected chi connectivity index (χ4v) is 3.62. The Morgan fingerprint density at radius 2 is 2.04 bits per heavy atom. The molecule has 7 heteroatoms. The molecule has 140 valence electrons. The molecule has 1 amide bonds. The van der Waals surface area contributed by atoms with Crippen LogP contribution < -0.4 is 10.6 Å². The van der Waals surface area contributed by atoms with Crippen LogP contribution in [0, 0.1) is 0 Å². The number of amidine groups is 1. The highest BCUT2D eigenvalue weighted by molar-refractivity contribution is 9.10. The van der Waals surface area contributed by atoms with E-state index in [0.29, 0.717) is 24.6 Å². The molecule has 4 rings (SSSR count). The maximum Gasteiger partial charge on any atom is 0.289 e. The van der Waals surface area contributed by atoms with Gasteiger partial charge in [-0.15, -0.1) is 0 Å². The van der Waals surface area contributed by atoms with Crippen LogP contribution in [-0.2, 0) is 11.2 Å². The van der Waals surface area contributed by atoms with Gasteiger partial charge in [-0.3, -0.25) is 4.79 Å². The first-order chi connectivity index (χ1) is 13.1. The standard InChI is InChI=1S/C20H20BrN3O3/c21-14-5-2-12(3-6-14)19(26)24-18-16-11-15(7-4-13(16)10-17(18)25)23-20-22-8-1-9-27-20/h2-7,11,17-18,25H,1,8-10H2,(H,22,23)(H,24,26)/t17-,18?/m1/s1. The molecule has 3 N–H and O–H groups in total. The summed E-state index contributed by atoms with van der Waals surface area (Å²) in [6.45, 7) is 1.40. The van der Waals surface area contributed by atoms with Gasteiger partial charge < -0.3 is 20.5 Å². The van der Waals surface area contributed by atoms with Crippen LogP contribution in [0.2, 0.25) is 0 Å². The second-order valence-electron chi connectivity index (χ2n) is 6.66. The average Bonchev–Trinajstić information content (AvgIpc) is 2.98. The van der Waals surface area contributed by atoms with E-state index < -0.39 is 12.1 Å². The fourth-order valence-electron chi connectivity index (χ4n) is 3.36. The number of halogens is 1. The maximum atomic E-state index is 12.6. The summed E-state index contributed by atoms with van der Waals surface area (Å²) >= 11 is 3.36. The van der Waals surface area contributed by atoms with Gasteiger partial charge in [0.15, 0.2) is 0 Å². The molecule has 27 heavy (non-hydrogen) atoms. The van der Waals surface area contributed by atoms with Gasteiger partial charge in [0, 0.05) is 35.1 Å². The second-order valence-corrected chi connectivity index (χ2v) is 7.57. The van der Waals surface area contributed by atoms with Crippen molar-refractivity contribution in [3.63, 3.8) is 0 Å². The third-order valence-corrected chi connectivity index (χ3v) is 5.26. The van der Waals surface area contributed by atoms with Crippen molar-refractivity contribution in [2.24, 2.45) is 4.99 Å². The summed E-state index contributed by atoms with van der Waals surface area (Å²) in [6, 6.07) is 13.0. The Balaban J connectivity index is 1.53. The number of nitrogens with one attached hydrogen (secondary N) is 2. The molecule has 0 fully saturated rings. The molecule has 0 aromatic heterocycles. The van der Waals surface area contributed by atoms with Crippen LogP contribution in [0.15, 0.2) is 51.9 Å². The zero-order valence-corrected chi connectivity index (χ0v) is 16.2. The first-order valence-electron chi connectivity index (χ1n) is 8.92. The number of carbonyl (C=O) groups excluding carboxylic acids is 1. The lowest BCUT2D eigenvalue weighted by atomic mass is 10.1. The molecule has 0 radical (unpaired) electrons. The SMILES string of the molecule is O=C(NC1c2cc(NC3=NCCCO3)ccc2C[C@H]1O)c1ccc(Br)cc1. The summed E-state index contributed by atoms with van der Waals surface area (Å²) in [6.07, 6.45) is 0.780. The summed E-state index contributed by atoms with van der Waals surface area (Å²) in [5.41, 5.74) is 3.32. The topological polar surface area (TPSA) is 83.0 Å². The van der Waals surface area contributed by atoms with Crippen LogP contribution in [0.4, 0.5) is 5.69 Å². The van der Waals surface area contributed by atoms with Gasteiger partial charge in [0.1, 0.15) is 0 Å². The number of ether oxygens (including phenoxy) is 1.